The van der Waals surface area contributed by atoms with Crippen molar-refractivity contribution in [2.75, 3.05) is 11.1 Å². The average Bonchev–Trinajstić information content (AvgIpc) is 2.32. The van der Waals surface area contributed by atoms with Crippen molar-refractivity contribution >= 4 is 53.3 Å². The van der Waals surface area contributed by atoms with Crippen LogP contribution < -0.4 is 10.6 Å². The zero-order valence-corrected chi connectivity index (χ0v) is 12.2. The second-order valence-electron chi connectivity index (χ2n) is 3.68. The van der Waals surface area contributed by atoms with Gasteiger partial charge in [0.25, 0.3) is 0 Å². The minimum atomic E-state index is -0.802. The van der Waals surface area contributed by atoms with Gasteiger partial charge in [0.05, 0.1) is 10.0 Å². The predicted molar refractivity (Wildman–Crippen MR) is 76.5 cm³/mol. The molecule has 0 saturated carbocycles. The predicted octanol–water partition coefficient (Wildman–Crippen LogP) is 2.51. The van der Waals surface area contributed by atoms with Crippen LogP contribution in [-0.2, 0) is 9.59 Å². The molecule has 0 fully saturated rings. The second kappa shape index (κ2) is 6.98. The summed E-state index contributed by atoms with van der Waals surface area (Å²) in [4.78, 5) is 22.7. The first-order valence-corrected chi connectivity index (χ1v) is 6.57. The number of benzene rings is 1. The van der Waals surface area contributed by atoms with Crippen molar-refractivity contribution in [3.63, 3.8) is 0 Å². The zero-order chi connectivity index (χ0) is 14.6. The summed E-state index contributed by atoms with van der Waals surface area (Å²) in [5, 5.41) is 4.48. The standard InChI is InChI=1S/C11H11Cl2FN2O2S/c1-5(17)15-9(4-19)11(18)16-6-2-7(12)10(14)8(13)3-6/h2-3,9,19H,4H2,1H3,(H,15,17)(H,16,18). The third-order valence-corrected chi connectivity index (χ3v) is 3.04. The van der Waals surface area contributed by atoms with Crippen LogP contribution in [0.3, 0.4) is 0 Å². The van der Waals surface area contributed by atoms with Crippen LogP contribution in [0.25, 0.3) is 0 Å². The van der Waals surface area contributed by atoms with Crippen LogP contribution in [0, 0.1) is 5.82 Å². The lowest BCUT2D eigenvalue weighted by Gasteiger charge is -2.15. The molecule has 19 heavy (non-hydrogen) atoms. The Kier molecular flexibility index (Phi) is 5.90. The smallest absolute Gasteiger partial charge is 0.247 e. The normalized spacial score (nSPS) is 11.8. The number of rotatable bonds is 4. The van der Waals surface area contributed by atoms with Crippen LogP contribution in [0.15, 0.2) is 12.1 Å². The van der Waals surface area contributed by atoms with Gasteiger partial charge in [-0.2, -0.15) is 12.6 Å². The molecule has 0 spiro atoms. The van der Waals surface area contributed by atoms with Gasteiger partial charge in [-0.3, -0.25) is 9.59 Å². The first kappa shape index (κ1) is 16.1. The molecular formula is C11H11Cl2FN2O2S. The van der Waals surface area contributed by atoms with Gasteiger partial charge in [-0.1, -0.05) is 23.2 Å². The van der Waals surface area contributed by atoms with E-state index in [0.717, 1.165) is 0 Å². The van der Waals surface area contributed by atoms with Crippen molar-refractivity contribution < 1.29 is 14.0 Å². The van der Waals surface area contributed by atoms with Crippen LogP contribution in [0.5, 0.6) is 0 Å². The minimum Gasteiger partial charge on any atom is -0.344 e. The fourth-order valence-corrected chi connectivity index (χ4v) is 2.04. The molecule has 8 heteroatoms. The number of hydrogen-bond donors (Lipinski definition) is 3. The fraction of sp³-hybridized carbons (Fsp3) is 0.273. The highest BCUT2D eigenvalue weighted by Gasteiger charge is 2.18. The molecule has 0 bridgehead atoms. The molecule has 1 rings (SSSR count). The van der Waals surface area contributed by atoms with Crippen LogP contribution in [0.4, 0.5) is 10.1 Å². The number of amides is 2. The van der Waals surface area contributed by atoms with E-state index in [0.29, 0.717) is 0 Å². The zero-order valence-electron chi connectivity index (χ0n) is 9.84. The van der Waals surface area contributed by atoms with Crippen molar-refractivity contribution in [2.45, 2.75) is 13.0 Å². The first-order valence-electron chi connectivity index (χ1n) is 5.18. The molecule has 1 atom stereocenters. The van der Waals surface area contributed by atoms with Crippen molar-refractivity contribution in [1.82, 2.24) is 5.32 Å². The molecule has 0 aliphatic heterocycles. The Morgan fingerprint density at radius 3 is 2.32 bits per heavy atom. The molecule has 0 heterocycles. The number of carbonyl (C=O) groups excluding carboxylic acids is 2. The Morgan fingerprint density at radius 2 is 1.89 bits per heavy atom. The van der Waals surface area contributed by atoms with E-state index < -0.39 is 17.8 Å². The van der Waals surface area contributed by atoms with E-state index in [-0.39, 0.29) is 27.4 Å². The summed E-state index contributed by atoms with van der Waals surface area (Å²) < 4.78 is 13.2. The number of thiol groups is 1. The molecule has 104 valence electrons. The van der Waals surface area contributed by atoms with Crippen LogP contribution in [0.1, 0.15) is 6.92 Å². The van der Waals surface area contributed by atoms with Gasteiger partial charge in [0, 0.05) is 18.4 Å². The summed E-state index contributed by atoms with van der Waals surface area (Å²) in [6.45, 7) is 1.29. The Balaban J connectivity index is 2.84. The molecule has 0 radical (unpaired) electrons. The third-order valence-electron chi connectivity index (χ3n) is 2.13. The summed E-state index contributed by atoms with van der Waals surface area (Å²) in [7, 11) is 0. The van der Waals surface area contributed by atoms with E-state index >= 15 is 0 Å². The number of halogens is 3. The average molecular weight is 325 g/mol. The van der Waals surface area contributed by atoms with E-state index in [2.05, 4.69) is 23.3 Å². The molecule has 0 aliphatic carbocycles. The highest BCUT2D eigenvalue weighted by atomic mass is 35.5. The Morgan fingerprint density at radius 1 is 1.37 bits per heavy atom. The van der Waals surface area contributed by atoms with Crippen LogP contribution in [-0.4, -0.2) is 23.6 Å². The number of carbonyl (C=O) groups is 2. The molecule has 1 aromatic rings. The van der Waals surface area contributed by atoms with E-state index in [9.17, 15) is 14.0 Å². The second-order valence-corrected chi connectivity index (χ2v) is 4.86. The highest BCUT2D eigenvalue weighted by Crippen LogP contribution is 2.27. The molecule has 2 amide bonds. The van der Waals surface area contributed by atoms with Crippen LogP contribution >= 0.6 is 35.8 Å². The molecule has 0 aliphatic rings. The molecule has 0 saturated heterocycles. The summed E-state index contributed by atoms with van der Waals surface area (Å²) >= 11 is 15.2. The van der Waals surface area contributed by atoms with Crippen molar-refractivity contribution in [3.05, 3.63) is 28.0 Å². The van der Waals surface area contributed by atoms with E-state index in [1.807, 2.05) is 0 Å². The molecule has 0 aromatic heterocycles. The van der Waals surface area contributed by atoms with Gasteiger partial charge >= 0.3 is 0 Å². The fourth-order valence-electron chi connectivity index (χ4n) is 1.30. The lowest BCUT2D eigenvalue weighted by molar-refractivity contribution is -0.124. The summed E-state index contributed by atoms with van der Waals surface area (Å²) in [6.07, 6.45) is 0. The number of nitrogens with one attached hydrogen (secondary N) is 2. The van der Waals surface area contributed by atoms with Crippen molar-refractivity contribution in [3.8, 4) is 0 Å². The highest BCUT2D eigenvalue weighted by molar-refractivity contribution is 7.80. The number of hydrogen-bond acceptors (Lipinski definition) is 3. The van der Waals surface area contributed by atoms with Gasteiger partial charge < -0.3 is 10.6 Å². The first-order chi connectivity index (χ1) is 8.85. The lowest BCUT2D eigenvalue weighted by atomic mass is 10.2. The monoisotopic (exact) mass is 324 g/mol. The largest absolute Gasteiger partial charge is 0.344 e. The molecule has 2 N–H and O–H groups in total. The minimum absolute atomic E-state index is 0.119. The molecule has 1 aromatic carbocycles. The van der Waals surface area contributed by atoms with Gasteiger partial charge in [-0.25, -0.2) is 4.39 Å². The molecule has 1 unspecified atom stereocenters. The number of anilines is 1. The summed E-state index contributed by atoms with van der Waals surface area (Å²) in [5.74, 6) is -1.49. The van der Waals surface area contributed by atoms with E-state index in [1.54, 1.807) is 0 Å². The summed E-state index contributed by atoms with van der Waals surface area (Å²) in [6, 6.07) is 1.65. The SMILES string of the molecule is CC(=O)NC(CS)C(=O)Nc1cc(Cl)c(F)c(Cl)c1. The quantitative estimate of drug-likeness (QED) is 0.588. The maximum atomic E-state index is 13.2. The van der Waals surface area contributed by atoms with Gasteiger partial charge in [0.1, 0.15) is 6.04 Å². The topological polar surface area (TPSA) is 58.2 Å². The van der Waals surface area contributed by atoms with Crippen LogP contribution in [0.2, 0.25) is 10.0 Å². The Labute approximate surface area is 125 Å². The Hall–Kier alpha value is -0.980. The maximum Gasteiger partial charge on any atom is 0.247 e. The van der Waals surface area contributed by atoms with Gasteiger partial charge in [0.2, 0.25) is 11.8 Å². The molecular weight excluding hydrogens is 314 g/mol. The van der Waals surface area contributed by atoms with E-state index in [1.165, 1.54) is 19.1 Å². The van der Waals surface area contributed by atoms with Crippen molar-refractivity contribution in [1.29, 1.82) is 0 Å². The Bertz CT molecular complexity index is 490. The third kappa shape index (κ3) is 4.56. The van der Waals surface area contributed by atoms with Gasteiger partial charge in [0.15, 0.2) is 5.82 Å². The van der Waals surface area contributed by atoms with Crippen molar-refractivity contribution in [2.24, 2.45) is 0 Å². The van der Waals surface area contributed by atoms with Gasteiger partial charge in [-0.15, -0.1) is 0 Å². The lowest BCUT2D eigenvalue weighted by Crippen LogP contribution is -2.44. The molecule has 4 nitrogen and oxygen atoms in total. The maximum absolute atomic E-state index is 13.2. The van der Waals surface area contributed by atoms with Gasteiger partial charge in [-0.05, 0) is 12.1 Å². The van der Waals surface area contributed by atoms with E-state index in [4.69, 9.17) is 23.2 Å². The summed E-state index contributed by atoms with van der Waals surface area (Å²) in [5.41, 5.74) is 0.235.